The SMILES string of the molecule is C=CCn1c(SCC(=O)Nc2c(C#N)c3c(n2CC2CCCO2)CCCC3)nnc1-c1ccco1. The van der Waals surface area contributed by atoms with Crippen LogP contribution < -0.4 is 5.32 Å². The molecular formula is C25H28N6O3S. The van der Waals surface area contributed by atoms with Crippen LogP contribution in [0.3, 0.4) is 0 Å². The fraction of sp³-hybridized carbons (Fsp3) is 0.440. The highest BCUT2D eigenvalue weighted by molar-refractivity contribution is 7.99. The summed E-state index contributed by atoms with van der Waals surface area (Å²) in [6, 6.07) is 5.97. The average molecular weight is 493 g/mol. The predicted octanol–water partition coefficient (Wildman–Crippen LogP) is 4.19. The normalized spacial score (nSPS) is 17.2. The zero-order valence-corrected chi connectivity index (χ0v) is 20.4. The first-order valence-electron chi connectivity index (χ1n) is 12.0. The van der Waals surface area contributed by atoms with Gasteiger partial charge in [-0.05, 0) is 56.2 Å². The van der Waals surface area contributed by atoms with E-state index in [1.54, 1.807) is 18.4 Å². The Morgan fingerprint density at radius 2 is 2.20 bits per heavy atom. The highest BCUT2D eigenvalue weighted by Crippen LogP contribution is 2.34. The van der Waals surface area contributed by atoms with Gasteiger partial charge in [0, 0.05) is 18.8 Å². The molecular weight excluding hydrogens is 464 g/mol. The molecule has 4 heterocycles. The third kappa shape index (κ3) is 4.79. The Kier molecular flexibility index (Phi) is 7.06. The maximum absolute atomic E-state index is 13.1. The number of nitrogens with zero attached hydrogens (tertiary/aromatic N) is 5. The van der Waals surface area contributed by atoms with Crippen molar-refractivity contribution in [3.8, 4) is 17.7 Å². The first-order valence-corrected chi connectivity index (χ1v) is 12.9. The third-order valence-electron chi connectivity index (χ3n) is 6.46. The van der Waals surface area contributed by atoms with Crippen molar-refractivity contribution in [1.29, 1.82) is 5.26 Å². The molecule has 1 atom stereocenters. The van der Waals surface area contributed by atoms with E-state index in [4.69, 9.17) is 9.15 Å². The average Bonchev–Trinajstić information content (AvgIpc) is 3.67. The quantitative estimate of drug-likeness (QED) is 0.352. The summed E-state index contributed by atoms with van der Waals surface area (Å²) in [6.45, 7) is 5.73. The Bertz CT molecular complexity index is 1250. The summed E-state index contributed by atoms with van der Waals surface area (Å²) in [7, 11) is 0. The second kappa shape index (κ2) is 10.5. The van der Waals surface area contributed by atoms with E-state index in [-0.39, 0.29) is 17.8 Å². The summed E-state index contributed by atoms with van der Waals surface area (Å²) in [4.78, 5) is 13.1. The van der Waals surface area contributed by atoms with Crippen molar-refractivity contribution < 1.29 is 13.9 Å². The lowest BCUT2D eigenvalue weighted by atomic mass is 9.95. The zero-order valence-electron chi connectivity index (χ0n) is 19.5. The molecule has 0 saturated carbocycles. The van der Waals surface area contributed by atoms with Crippen LogP contribution in [0.1, 0.15) is 42.5 Å². The minimum absolute atomic E-state index is 0.113. The van der Waals surface area contributed by atoms with E-state index in [9.17, 15) is 10.1 Å². The van der Waals surface area contributed by atoms with Gasteiger partial charge >= 0.3 is 0 Å². The van der Waals surface area contributed by atoms with Crippen molar-refractivity contribution in [2.75, 3.05) is 17.7 Å². The Morgan fingerprint density at radius 3 is 2.94 bits per heavy atom. The fourth-order valence-electron chi connectivity index (χ4n) is 4.89. The number of ether oxygens (including phenoxy) is 1. The van der Waals surface area contributed by atoms with Crippen LogP contribution >= 0.6 is 11.8 Å². The van der Waals surface area contributed by atoms with Crippen LogP contribution in [0.5, 0.6) is 0 Å². The summed E-state index contributed by atoms with van der Waals surface area (Å²) in [6.07, 6.45) is 9.43. The van der Waals surface area contributed by atoms with Gasteiger partial charge in [0.2, 0.25) is 11.7 Å². The van der Waals surface area contributed by atoms with E-state index in [1.807, 2.05) is 10.6 Å². The monoisotopic (exact) mass is 492 g/mol. The number of fused-ring (bicyclic) bond motifs is 1. The van der Waals surface area contributed by atoms with Gasteiger partial charge < -0.3 is 19.0 Å². The van der Waals surface area contributed by atoms with Crippen molar-refractivity contribution in [3.63, 3.8) is 0 Å². The minimum atomic E-state index is -0.192. The van der Waals surface area contributed by atoms with E-state index in [1.165, 1.54) is 17.5 Å². The molecule has 1 saturated heterocycles. The number of amides is 1. The Labute approximate surface area is 208 Å². The van der Waals surface area contributed by atoms with Gasteiger partial charge in [-0.1, -0.05) is 17.8 Å². The molecule has 0 radical (unpaired) electrons. The molecule has 5 rings (SSSR count). The van der Waals surface area contributed by atoms with Gasteiger partial charge in [-0.3, -0.25) is 9.36 Å². The molecule has 3 aromatic rings. The van der Waals surface area contributed by atoms with E-state index in [0.29, 0.717) is 41.2 Å². The van der Waals surface area contributed by atoms with E-state index in [2.05, 4.69) is 32.7 Å². The molecule has 10 heteroatoms. The summed E-state index contributed by atoms with van der Waals surface area (Å²) in [5.74, 6) is 1.73. The molecule has 182 valence electrons. The molecule has 1 unspecified atom stereocenters. The molecule has 0 aromatic carbocycles. The molecule has 2 aliphatic rings. The van der Waals surface area contributed by atoms with Crippen LogP contribution in [0, 0.1) is 11.3 Å². The number of nitrogens with one attached hydrogen (secondary N) is 1. The van der Waals surface area contributed by atoms with E-state index < -0.39 is 0 Å². The molecule has 35 heavy (non-hydrogen) atoms. The molecule has 0 spiro atoms. The fourth-order valence-corrected chi connectivity index (χ4v) is 5.64. The highest BCUT2D eigenvalue weighted by Gasteiger charge is 2.28. The Balaban J connectivity index is 1.35. The van der Waals surface area contributed by atoms with Crippen LogP contribution in [0.25, 0.3) is 11.6 Å². The smallest absolute Gasteiger partial charge is 0.235 e. The van der Waals surface area contributed by atoms with Gasteiger partial charge in [0.1, 0.15) is 11.9 Å². The van der Waals surface area contributed by atoms with Gasteiger partial charge in [-0.2, -0.15) is 5.26 Å². The van der Waals surface area contributed by atoms with E-state index in [0.717, 1.165) is 50.7 Å². The second-order valence-electron chi connectivity index (χ2n) is 8.73. The number of carbonyl (C=O) groups excluding carboxylic acids is 1. The lowest BCUT2D eigenvalue weighted by molar-refractivity contribution is -0.113. The van der Waals surface area contributed by atoms with Crippen LogP contribution in [-0.2, 0) is 35.5 Å². The molecule has 9 nitrogen and oxygen atoms in total. The van der Waals surface area contributed by atoms with Crippen molar-refractivity contribution in [3.05, 3.63) is 47.9 Å². The summed E-state index contributed by atoms with van der Waals surface area (Å²) >= 11 is 1.29. The van der Waals surface area contributed by atoms with Gasteiger partial charge in [0.25, 0.3) is 0 Å². The number of aromatic nitrogens is 4. The van der Waals surface area contributed by atoms with Crippen molar-refractivity contribution in [2.24, 2.45) is 0 Å². The lowest BCUT2D eigenvalue weighted by Gasteiger charge is -2.19. The molecule has 0 bridgehead atoms. The largest absolute Gasteiger partial charge is 0.461 e. The van der Waals surface area contributed by atoms with Gasteiger partial charge in [0.05, 0.1) is 30.2 Å². The summed E-state index contributed by atoms with van der Waals surface area (Å²) in [5.41, 5.74) is 2.83. The predicted molar refractivity (Wildman–Crippen MR) is 132 cm³/mol. The molecule has 1 N–H and O–H groups in total. The number of furan rings is 1. The van der Waals surface area contributed by atoms with Gasteiger partial charge in [-0.15, -0.1) is 16.8 Å². The van der Waals surface area contributed by atoms with Gasteiger partial charge in [0.15, 0.2) is 10.9 Å². The maximum Gasteiger partial charge on any atom is 0.235 e. The summed E-state index contributed by atoms with van der Waals surface area (Å²) < 4.78 is 15.3. The number of thioether (sulfide) groups is 1. The number of carbonyl (C=O) groups is 1. The summed E-state index contributed by atoms with van der Waals surface area (Å²) in [5, 5.41) is 22.1. The molecule has 1 amide bonds. The third-order valence-corrected chi connectivity index (χ3v) is 7.42. The van der Waals surface area contributed by atoms with Crippen molar-refractivity contribution >= 4 is 23.5 Å². The molecule has 1 fully saturated rings. The van der Waals surface area contributed by atoms with Crippen LogP contribution in [0.15, 0.2) is 40.6 Å². The number of allylic oxidation sites excluding steroid dienone is 1. The molecule has 3 aromatic heterocycles. The minimum Gasteiger partial charge on any atom is -0.461 e. The maximum atomic E-state index is 13.1. The standard InChI is InChI=1S/C25H28N6O3S/c1-2-11-30-24(21-10-6-13-34-21)28-29-25(30)35-16-22(32)27-23-19(14-26)18-8-3-4-9-20(18)31(23)15-17-7-5-12-33-17/h2,6,10,13,17H,1,3-5,7-9,11-12,15-16H2,(H,27,32). The first kappa shape index (κ1) is 23.5. The van der Waals surface area contributed by atoms with Gasteiger partial charge in [-0.25, -0.2) is 0 Å². The number of anilines is 1. The number of nitriles is 1. The van der Waals surface area contributed by atoms with Crippen LogP contribution in [-0.4, -0.2) is 43.7 Å². The Morgan fingerprint density at radius 1 is 1.31 bits per heavy atom. The highest BCUT2D eigenvalue weighted by atomic mass is 32.2. The van der Waals surface area contributed by atoms with Crippen LogP contribution in [0.2, 0.25) is 0 Å². The molecule has 1 aliphatic carbocycles. The topological polar surface area (TPSA) is 111 Å². The lowest BCUT2D eigenvalue weighted by Crippen LogP contribution is -2.23. The van der Waals surface area contributed by atoms with E-state index >= 15 is 0 Å². The van der Waals surface area contributed by atoms with Crippen LogP contribution in [0.4, 0.5) is 5.82 Å². The number of rotatable bonds is 9. The second-order valence-corrected chi connectivity index (χ2v) is 9.68. The number of hydrogen-bond acceptors (Lipinski definition) is 7. The number of hydrogen-bond donors (Lipinski definition) is 1. The Hall–Kier alpha value is -3.29. The van der Waals surface area contributed by atoms with Crippen molar-refractivity contribution in [2.45, 2.75) is 62.9 Å². The molecule has 1 aliphatic heterocycles. The van der Waals surface area contributed by atoms with Crippen molar-refractivity contribution in [1.82, 2.24) is 19.3 Å². The first-order chi connectivity index (χ1) is 17.2. The zero-order chi connectivity index (χ0) is 24.2.